The van der Waals surface area contributed by atoms with Gasteiger partial charge in [-0.3, -0.25) is 4.79 Å². The number of aromatic amines is 1. The fourth-order valence-corrected chi connectivity index (χ4v) is 5.41. The number of rotatable bonds is 3. The van der Waals surface area contributed by atoms with Crippen LogP contribution >= 0.6 is 0 Å². The molecule has 2 aromatic heterocycles. The fourth-order valence-electron chi connectivity index (χ4n) is 5.41. The Morgan fingerprint density at radius 2 is 2.06 bits per heavy atom. The predicted octanol–water partition coefficient (Wildman–Crippen LogP) is 4.79. The summed E-state index contributed by atoms with van der Waals surface area (Å²) in [5.41, 5.74) is 5.83. The van der Waals surface area contributed by atoms with Crippen molar-refractivity contribution in [2.24, 2.45) is 0 Å². The van der Waals surface area contributed by atoms with Gasteiger partial charge >= 0.3 is 0 Å². The van der Waals surface area contributed by atoms with Gasteiger partial charge in [0.1, 0.15) is 5.75 Å². The van der Waals surface area contributed by atoms with Crippen molar-refractivity contribution in [3.63, 3.8) is 0 Å². The molecule has 166 valence electrons. The molecule has 0 bridgehead atoms. The van der Waals surface area contributed by atoms with Crippen LogP contribution in [0, 0.1) is 6.92 Å². The number of hydrogen-bond acceptors (Lipinski definition) is 5. The van der Waals surface area contributed by atoms with Crippen LogP contribution in [0.25, 0.3) is 11.0 Å². The van der Waals surface area contributed by atoms with E-state index in [-0.39, 0.29) is 17.9 Å². The number of amides is 1. The minimum Gasteiger partial charge on any atom is -0.437 e. The topological polar surface area (TPSA) is 84.0 Å². The second-order valence-electron chi connectivity index (χ2n) is 8.93. The molecule has 1 N–H and O–H groups in total. The summed E-state index contributed by atoms with van der Waals surface area (Å²) in [6.07, 6.45) is 5.56. The van der Waals surface area contributed by atoms with Crippen LogP contribution in [-0.4, -0.2) is 43.6 Å². The maximum Gasteiger partial charge on any atom is 0.254 e. The lowest BCUT2D eigenvalue weighted by atomic mass is 9.73. The zero-order valence-corrected chi connectivity index (χ0v) is 18.5. The Morgan fingerprint density at radius 3 is 2.94 bits per heavy atom. The predicted molar refractivity (Wildman–Crippen MR) is 124 cm³/mol. The number of fused-ring (bicyclic) bond motifs is 4. The first kappa shape index (κ1) is 19.9. The number of imidazole rings is 1. The van der Waals surface area contributed by atoms with Gasteiger partial charge in [0.2, 0.25) is 5.88 Å². The second kappa shape index (κ2) is 7.99. The van der Waals surface area contributed by atoms with E-state index in [4.69, 9.17) is 4.74 Å². The summed E-state index contributed by atoms with van der Waals surface area (Å²) in [4.78, 5) is 23.1. The molecule has 3 heterocycles. The Labute approximate surface area is 191 Å². The Bertz CT molecular complexity index is 1330. The number of carbonyl (C=O) groups excluding carboxylic acids is 1. The molecule has 1 aliphatic heterocycles. The van der Waals surface area contributed by atoms with Crippen molar-refractivity contribution in [3.8, 4) is 11.6 Å². The molecule has 0 spiro atoms. The maximum atomic E-state index is 13.6. The van der Waals surface area contributed by atoms with Gasteiger partial charge in [-0.05, 0) is 68.5 Å². The van der Waals surface area contributed by atoms with Gasteiger partial charge in [0.05, 0.1) is 23.1 Å². The molecule has 1 amide bonds. The van der Waals surface area contributed by atoms with E-state index in [9.17, 15) is 4.79 Å². The molecule has 7 nitrogen and oxygen atoms in total. The molecule has 2 aromatic carbocycles. The minimum absolute atomic E-state index is 0.0841. The number of H-pyrrole nitrogens is 1. The first-order chi connectivity index (χ1) is 16.2. The van der Waals surface area contributed by atoms with E-state index >= 15 is 0 Å². The van der Waals surface area contributed by atoms with Crippen LogP contribution in [0.4, 0.5) is 0 Å². The molecule has 0 radical (unpaired) electrons. The number of nitrogens with zero attached hydrogens (tertiary/aromatic N) is 4. The summed E-state index contributed by atoms with van der Waals surface area (Å²) in [6.45, 7) is 2.68. The number of benzene rings is 2. The van der Waals surface area contributed by atoms with Crippen molar-refractivity contribution in [1.29, 1.82) is 0 Å². The van der Waals surface area contributed by atoms with E-state index in [1.807, 2.05) is 49.4 Å². The van der Waals surface area contributed by atoms with Crippen molar-refractivity contribution >= 4 is 16.9 Å². The number of ether oxygens (including phenoxy) is 1. The van der Waals surface area contributed by atoms with Crippen LogP contribution in [0.2, 0.25) is 0 Å². The minimum atomic E-state index is 0.0841. The van der Waals surface area contributed by atoms with Gasteiger partial charge in [-0.1, -0.05) is 12.1 Å². The number of piperidine rings is 1. The smallest absolute Gasteiger partial charge is 0.254 e. The normalized spacial score (nSPS) is 19.7. The highest BCUT2D eigenvalue weighted by Crippen LogP contribution is 2.45. The van der Waals surface area contributed by atoms with E-state index < -0.39 is 0 Å². The standard InChI is InChI=1S/C26H25N5O2/c1-16-7-12-24(30-29-16)33-23-6-2-4-17-9-11-22-19(25(17)23)5-3-13-31(22)26(32)18-8-10-20-21(14-18)28-15-27-20/h2,4,6-8,10,12,14-15,19,22H,3,5,9,11,13H2,1H3,(H,27,28)/t19-,22-/m0/s1. The third kappa shape index (κ3) is 3.53. The van der Waals surface area contributed by atoms with Crippen molar-refractivity contribution in [1.82, 2.24) is 25.1 Å². The van der Waals surface area contributed by atoms with Crippen molar-refractivity contribution in [2.45, 2.75) is 44.6 Å². The quantitative estimate of drug-likeness (QED) is 0.496. The van der Waals surface area contributed by atoms with E-state index in [2.05, 4.69) is 31.1 Å². The van der Waals surface area contributed by atoms with Crippen LogP contribution in [0.1, 0.15) is 52.4 Å². The third-order valence-corrected chi connectivity index (χ3v) is 6.93. The van der Waals surface area contributed by atoms with Gasteiger partial charge < -0.3 is 14.6 Å². The van der Waals surface area contributed by atoms with Gasteiger partial charge in [-0.2, -0.15) is 5.10 Å². The van der Waals surface area contributed by atoms with E-state index in [1.165, 1.54) is 11.1 Å². The number of aryl methyl sites for hydroxylation is 2. The zero-order valence-electron chi connectivity index (χ0n) is 18.5. The van der Waals surface area contributed by atoms with E-state index in [1.54, 1.807) is 6.33 Å². The molecule has 1 aliphatic carbocycles. The highest BCUT2D eigenvalue weighted by atomic mass is 16.5. The molecule has 33 heavy (non-hydrogen) atoms. The fraction of sp³-hybridized carbons (Fsp3) is 0.308. The lowest BCUT2D eigenvalue weighted by molar-refractivity contribution is 0.0544. The van der Waals surface area contributed by atoms with Crippen molar-refractivity contribution in [3.05, 3.63) is 77.2 Å². The lowest BCUT2D eigenvalue weighted by Crippen LogP contribution is -2.49. The number of hydrogen-bond donors (Lipinski definition) is 1. The second-order valence-corrected chi connectivity index (χ2v) is 8.93. The summed E-state index contributed by atoms with van der Waals surface area (Å²) in [5.74, 6) is 1.65. The molecule has 0 unspecified atom stereocenters. The highest BCUT2D eigenvalue weighted by Gasteiger charge is 2.40. The SMILES string of the molecule is Cc1ccc(Oc2cccc3c2[C@H]2CCCN(C(=O)c4ccc5[nH]cnc5c4)[C@H]2CC3)nn1. The van der Waals surface area contributed by atoms with E-state index in [0.717, 1.165) is 54.7 Å². The Kier molecular flexibility index (Phi) is 4.82. The molecule has 6 rings (SSSR count). The highest BCUT2D eigenvalue weighted by molar-refractivity contribution is 5.97. The Hall–Kier alpha value is -3.74. The molecule has 1 fully saturated rings. The first-order valence-corrected chi connectivity index (χ1v) is 11.5. The molecule has 4 aromatic rings. The summed E-state index contributed by atoms with van der Waals surface area (Å²) in [7, 11) is 0. The largest absolute Gasteiger partial charge is 0.437 e. The van der Waals surface area contributed by atoms with Crippen molar-refractivity contribution in [2.75, 3.05) is 6.54 Å². The number of likely N-dealkylation sites (tertiary alicyclic amines) is 1. The maximum absolute atomic E-state index is 13.6. The van der Waals surface area contributed by atoms with Crippen LogP contribution in [-0.2, 0) is 6.42 Å². The molecule has 7 heteroatoms. The lowest BCUT2D eigenvalue weighted by Gasteiger charge is -2.45. The zero-order chi connectivity index (χ0) is 22.4. The van der Waals surface area contributed by atoms with Gasteiger partial charge in [-0.15, -0.1) is 5.10 Å². The summed E-state index contributed by atoms with van der Waals surface area (Å²) in [5, 5.41) is 8.30. The average molecular weight is 440 g/mol. The Morgan fingerprint density at radius 1 is 1.12 bits per heavy atom. The summed E-state index contributed by atoms with van der Waals surface area (Å²) in [6, 6.07) is 15.9. The number of carbonyl (C=O) groups is 1. The molecular formula is C26H25N5O2. The number of aromatic nitrogens is 4. The van der Waals surface area contributed by atoms with Gasteiger partial charge in [0.25, 0.3) is 5.91 Å². The molecular weight excluding hydrogens is 414 g/mol. The van der Waals surface area contributed by atoms with Gasteiger partial charge in [0.15, 0.2) is 0 Å². The van der Waals surface area contributed by atoms with E-state index in [0.29, 0.717) is 11.4 Å². The molecule has 0 saturated carbocycles. The van der Waals surface area contributed by atoms with Crippen LogP contribution in [0.3, 0.4) is 0 Å². The monoisotopic (exact) mass is 439 g/mol. The van der Waals surface area contributed by atoms with Crippen LogP contribution in [0.5, 0.6) is 11.6 Å². The molecule has 2 aliphatic rings. The Balaban J connectivity index is 1.32. The third-order valence-electron chi connectivity index (χ3n) is 6.93. The van der Waals surface area contributed by atoms with Gasteiger partial charge in [-0.25, -0.2) is 4.98 Å². The first-order valence-electron chi connectivity index (χ1n) is 11.5. The van der Waals surface area contributed by atoms with Crippen LogP contribution < -0.4 is 4.74 Å². The molecule has 1 saturated heterocycles. The van der Waals surface area contributed by atoms with Crippen LogP contribution in [0.15, 0.2) is 54.9 Å². The summed E-state index contributed by atoms with van der Waals surface area (Å²) >= 11 is 0. The van der Waals surface area contributed by atoms with Gasteiger partial charge in [0, 0.05) is 35.7 Å². The summed E-state index contributed by atoms with van der Waals surface area (Å²) < 4.78 is 6.21. The molecule has 2 atom stereocenters. The average Bonchev–Trinajstić information content (AvgIpc) is 3.32. The van der Waals surface area contributed by atoms with Crippen molar-refractivity contribution < 1.29 is 9.53 Å². The number of nitrogens with one attached hydrogen (secondary N) is 1.